The number of nitrogen functional groups attached to an aromatic ring is 1. The van der Waals surface area contributed by atoms with E-state index in [1.165, 1.54) is 6.20 Å². The molecule has 0 fully saturated rings. The topological polar surface area (TPSA) is 56.0 Å². The number of rotatable bonds is 1. The number of anilines is 1. The summed E-state index contributed by atoms with van der Waals surface area (Å²) in [5.74, 6) is 5.12. The number of hydrogen-bond donors (Lipinski definition) is 1. The van der Waals surface area contributed by atoms with E-state index >= 15 is 0 Å². The minimum atomic E-state index is -0.351. The summed E-state index contributed by atoms with van der Waals surface area (Å²) in [7, 11) is 0. The fraction of sp³-hybridized carbons (Fsp3) is 0. The van der Waals surface area contributed by atoms with Crippen LogP contribution in [0.25, 0.3) is 0 Å². The summed E-state index contributed by atoms with van der Waals surface area (Å²) < 4.78 is 0. The Morgan fingerprint density at radius 2 is 1.94 bits per heavy atom. The number of hydrogen-bond acceptors (Lipinski definition) is 3. The van der Waals surface area contributed by atoms with Gasteiger partial charge in [0.2, 0.25) is 5.78 Å². The van der Waals surface area contributed by atoms with Crippen molar-refractivity contribution in [3.05, 3.63) is 58.7 Å². The fourth-order valence-electron chi connectivity index (χ4n) is 1.34. The van der Waals surface area contributed by atoms with Crippen molar-refractivity contribution in [2.24, 2.45) is 0 Å². The third-order valence-electron chi connectivity index (χ3n) is 2.25. The van der Waals surface area contributed by atoms with Gasteiger partial charge in [0, 0.05) is 16.8 Å². The van der Waals surface area contributed by atoms with Crippen molar-refractivity contribution in [2.75, 3.05) is 5.73 Å². The maximum absolute atomic E-state index is 11.8. The molecule has 0 saturated carbocycles. The van der Waals surface area contributed by atoms with Crippen LogP contribution in [-0.2, 0) is 0 Å². The van der Waals surface area contributed by atoms with Gasteiger partial charge < -0.3 is 5.73 Å². The molecular formula is C14H9ClN2O. The molecule has 0 atom stereocenters. The van der Waals surface area contributed by atoms with E-state index in [4.69, 9.17) is 17.3 Å². The number of benzene rings is 1. The lowest BCUT2D eigenvalue weighted by Gasteiger charge is -1.97. The predicted octanol–water partition coefficient (Wildman–Crippen LogP) is 2.55. The van der Waals surface area contributed by atoms with Crippen LogP contribution in [0.15, 0.2) is 42.6 Å². The summed E-state index contributed by atoms with van der Waals surface area (Å²) >= 11 is 5.75. The normalized spacial score (nSPS) is 9.39. The highest BCUT2D eigenvalue weighted by molar-refractivity contribution is 6.30. The molecule has 0 saturated heterocycles. The molecule has 0 amide bonds. The Balaban J connectivity index is 2.23. The zero-order chi connectivity index (χ0) is 13.0. The first-order valence-corrected chi connectivity index (χ1v) is 5.57. The smallest absolute Gasteiger partial charge is 0.239 e. The largest absolute Gasteiger partial charge is 0.383 e. The molecule has 0 radical (unpaired) electrons. The third kappa shape index (κ3) is 2.88. The molecule has 0 unspecified atom stereocenters. The molecule has 3 nitrogen and oxygen atoms in total. The van der Waals surface area contributed by atoms with Crippen LogP contribution in [-0.4, -0.2) is 10.8 Å². The van der Waals surface area contributed by atoms with E-state index < -0.39 is 0 Å². The first kappa shape index (κ1) is 12.2. The van der Waals surface area contributed by atoms with Gasteiger partial charge in [-0.25, -0.2) is 4.98 Å². The Bertz CT molecular complexity index is 639. The van der Waals surface area contributed by atoms with Gasteiger partial charge in [0.25, 0.3) is 0 Å². The number of ketones is 1. The number of carbonyl (C=O) groups excluding carboxylic acids is 1. The van der Waals surface area contributed by atoms with Gasteiger partial charge in [-0.2, -0.15) is 0 Å². The third-order valence-corrected chi connectivity index (χ3v) is 2.50. The Morgan fingerprint density at radius 3 is 2.61 bits per heavy atom. The van der Waals surface area contributed by atoms with E-state index in [0.717, 1.165) is 5.56 Å². The maximum atomic E-state index is 11.8. The molecule has 0 bridgehead atoms. The molecule has 2 rings (SSSR count). The van der Waals surface area contributed by atoms with E-state index in [0.29, 0.717) is 10.6 Å². The van der Waals surface area contributed by atoms with Crippen LogP contribution >= 0.6 is 11.6 Å². The van der Waals surface area contributed by atoms with Crippen molar-refractivity contribution < 1.29 is 4.79 Å². The highest BCUT2D eigenvalue weighted by Gasteiger charge is 2.06. The van der Waals surface area contributed by atoms with E-state index in [-0.39, 0.29) is 11.6 Å². The lowest BCUT2D eigenvalue weighted by atomic mass is 10.1. The Morgan fingerprint density at radius 1 is 1.22 bits per heavy atom. The number of halogens is 1. The molecule has 4 heteroatoms. The Hall–Kier alpha value is -2.31. The van der Waals surface area contributed by atoms with Gasteiger partial charge in [0.05, 0.1) is 5.56 Å². The van der Waals surface area contributed by atoms with Crippen LogP contribution in [0, 0.1) is 11.8 Å². The second-order valence-corrected chi connectivity index (χ2v) is 3.96. The second kappa shape index (κ2) is 5.35. The average molecular weight is 257 g/mol. The molecule has 88 valence electrons. The van der Waals surface area contributed by atoms with Crippen molar-refractivity contribution in [1.82, 2.24) is 4.98 Å². The number of nitrogens with zero attached hydrogens (tertiary/aromatic N) is 1. The monoisotopic (exact) mass is 256 g/mol. The summed E-state index contributed by atoms with van der Waals surface area (Å²) in [4.78, 5) is 15.6. The number of nitrogens with two attached hydrogens (primary N) is 1. The predicted molar refractivity (Wildman–Crippen MR) is 71.3 cm³/mol. The van der Waals surface area contributed by atoms with Gasteiger partial charge in [-0.3, -0.25) is 4.79 Å². The van der Waals surface area contributed by atoms with Gasteiger partial charge in [-0.05, 0) is 42.3 Å². The maximum Gasteiger partial charge on any atom is 0.239 e. The minimum Gasteiger partial charge on any atom is -0.383 e. The van der Waals surface area contributed by atoms with Crippen molar-refractivity contribution in [3.63, 3.8) is 0 Å². The summed E-state index contributed by atoms with van der Waals surface area (Å²) in [5, 5.41) is 0.628. The fourth-order valence-corrected chi connectivity index (χ4v) is 1.47. The standard InChI is InChI=1S/C14H9ClN2O/c15-11-6-3-10(4-7-11)5-8-13(18)12-2-1-9-17-14(12)16/h1-4,6-7,9H,(H2,16,17). The van der Waals surface area contributed by atoms with Crippen LogP contribution in [0.4, 0.5) is 5.82 Å². The van der Waals surface area contributed by atoms with Crippen molar-refractivity contribution >= 4 is 23.2 Å². The molecular weight excluding hydrogens is 248 g/mol. The van der Waals surface area contributed by atoms with Crippen LogP contribution in [0.2, 0.25) is 5.02 Å². The van der Waals surface area contributed by atoms with Gasteiger partial charge in [-0.15, -0.1) is 0 Å². The molecule has 0 spiro atoms. The SMILES string of the molecule is Nc1ncccc1C(=O)C#Cc1ccc(Cl)cc1. The zero-order valence-corrected chi connectivity index (χ0v) is 10.1. The molecule has 1 aromatic heterocycles. The zero-order valence-electron chi connectivity index (χ0n) is 9.35. The van der Waals surface area contributed by atoms with Gasteiger partial charge >= 0.3 is 0 Å². The molecule has 2 aromatic rings. The van der Waals surface area contributed by atoms with Gasteiger partial charge in [-0.1, -0.05) is 17.5 Å². The molecule has 0 aliphatic heterocycles. The Kier molecular flexibility index (Phi) is 3.61. The Labute approximate surface area is 110 Å². The quantitative estimate of drug-likeness (QED) is 0.630. The lowest BCUT2D eigenvalue weighted by Crippen LogP contribution is -2.02. The summed E-state index contributed by atoms with van der Waals surface area (Å²) in [6.45, 7) is 0. The van der Waals surface area contributed by atoms with Crippen LogP contribution in [0.3, 0.4) is 0 Å². The molecule has 0 aliphatic carbocycles. The van der Waals surface area contributed by atoms with E-state index in [2.05, 4.69) is 16.8 Å². The van der Waals surface area contributed by atoms with E-state index in [1.54, 1.807) is 36.4 Å². The van der Waals surface area contributed by atoms with Gasteiger partial charge in [0.15, 0.2) is 0 Å². The van der Waals surface area contributed by atoms with Crippen molar-refractivity contribution in [1.29, 1.82) is 0 Å². The minimum absolute atomic E-state index is 0.188. The highest BCUT2D eigenvalue weighted by Crippen LogP contribution is 2.09. The number of aromatic nitrogens is 1. The lowest BCUT2D eigenvalue weighted by molar-refractivity contribution is 0.105. The molecule has 2 N–H and O–H groups in total. The van der Waals surface area contributed by atoms with Crippen LogP contribution in [0.1, 0.15) is 15.9 Å². The molecule has 18 heavy (non-hydrogen) atoms. The second-order valence-electron chi connectivity index (χ2n) is 3.52. The summed E-state index contributed by atoms with van der Waals surface area (Å²) in [6.07, 6.45) is 1.53. The molecule has 0 aliphatic rings. The number of carbonyl (C=O) groups is 1. The van der Waals surface area contributed by atoms with Gasteiger partial charge in [0.1, 0.15) is 5.82 Å². The van der Waals surface area contributed by atoms with Crippen LogP contribution in [0.5, 0.6) is 0 Å². The van der Waals surface area contributed by atoms with Crippen molar-refractivity contribution in [2.45, 2.75) is 0 Å². The van der Waals surface area contributed by atoms with Crippen molar-refractivity contribution in [3.8, 4) is 11.8 Å². The first-order chi connectivity index (χ1) is 8.66. The number of pyridine rings is 1. The van der Waals surface area contributed by atoms with E-state index in [9.17, 15) is 4.79 Å². The van der Waals surface area contributed by atoms with E-state index in [1.807, 2.05) is 0 Å². The summed E-state index contributed by atoms with van der Waals surface area (Å²) in [6, 6.07) is 10.2. The first-order valence-electron chi connectivity index (χ1n) is 5.19. The number of Topliss-reactive ketones (excluding diaryl/α,β-unsaturated/α-hetero) is 1. The average Bonchev–Trinajstić information content (AvgIpc) is 2.38. The molecule has 1 aromatic carbocycles. The van der Waals surface area contributed by atoms with Crippen LogP contribution < -0.4 is 5.73 Å². The highest BCUT2D eigenvalue weighted by atomic mass is 35.5. The molecule has 1 heterocycles. The summed E-state index contributed by atoms with van der Waals surface area (Å²) in [5.41, 5.74) is 6.63.